The number of hydrogen-bond donors (Lipinski definition) is 2. The van der Waals surface area contributed by atoms with E-state index in [-0.39, 0.29) is 12.0 Å². The second-order valence-electron chi connectivity index (χ2n) is 5.99. The molecule has 3 aromatic rings. The van der Waals surface area contributed by atoms with Gasteiger partial charge in [0.2, 0.25) is 0 Å². The van der Waals surface area contributed by atoms with Crippen molar-refractivity contribution in [3.05, 3.63) is 71.4 Å². The minimum atomic E-state index is -4.60. The standard InChI is InChI=1S/C19H15F3N2O3/c20-19(21,22)13-5-3-4-11(8-13)17(25)24-16(18(26)27)9-12-10-23-15-7-2-1-6-14(12)15/h1-8,10,16,23H,9H2,(H,24,25)(H,26,27)/p-1/t16-/m0/s1. The average Bonchev–Trinajstić information content (AvgIpc) is 3.03. The van der Waals surface area contributed by atoms with E-state index < -0.39 is 29.7 Å². The number of rotatable bonds is 5. The first-order valence-electron chi connectivity index (χ1n) is 7.99. The van der Waals surface area contributed by atoms with E-state index in [0.717, 1.165) is 23.0 Å². The Morgan fingerprint density at radius 3 is 2.56 bits per heavy atom. The number of carbonyl (C=O) groups excluding carboxylic acids is 2. The fourth-order valence-corrected chi connectivity index (χ4v) is 2.79. The van der Waals surface area contributed by atoms with Crippen molar-refractivity contribution in [1.29, 1.82) is 0 Å². The van der Waals surface area contributed by atoms with Gasteiger partial charge >= 0.3 is 6.18 Å². The van der Waals surface area contributed by atoms with Crippen LogP contribution in [-0.2, 0) is 17.4 Å². The Bertz CT molecular complexity index is 995. The van der Waals surface area contributed by atoms with E-state index in [1.54, 1.807) is 18.3 Å². The maximum absolute atomic E-state index is 12.8. The molecule has 0 bridgehead atoms. The van der Waals surface area contributed by atoms with Crippen LogP contribution in [0.15, 0.2) is 54.7 Å². The minimum absolute atomic E-state index is 0.0724. The first-order chi connectivity index (χ1) is 12.8. The number of H-pyrrole nitrogens is 1. The van der Waals surface area contributed by atoms with Crippen LogP contribution in [0.4, 0.5) is 13.2 Å². The van der Waals surface area contributed by atoms with Gasteiger partial charge in [0.1, 0.15) is 0 Å². The first kappa shape index (κ1) is 18.5. The smallest absolute Gasteiger partial charge is 0.416 e. The number of aliphatic carboxylic acids is 1. The molecule has 0 unspecified atom stereocenters. The van der Waals surface area contributed by atoms with Gasteiger partial charge < -0.3 is 20.2 Å². The number of carboxylic acids is 1. The molecule has 0 saturated carbocycles. The third kappa shape index (κ3) is 4.11. The predicted octanol–water partition coefficient (Wildman–Crippen LogP) is 2.28. The number of hydrogen-bond acceptors (Lipinski definition) is 3. The lowest BCUT2D eigenvalue weighted by Gasteiger charge is -2.20. The highest BCUT2D eigenvalue weighted by Gasteiger charge is 2.31. The third-order valence-electron chi connectivity index (χ3n) is 4.14. The predicted molar refractivity (Wildman–Crippen MR) is 89.7 cm³/mol. The number of aromatic amines is 1. The maximum atomic E-state index is 12.8. The Balaban J connectivity index is 1.80. The van der Waals surface area contributed by atoms with Crippen molar-refractivity contribution in [2.45, 2.75) is 18.6 Å². The Labute approximate surface area is 151 Å². The molecule has 0 fully saturated rings. The SMILES string of the molecule is O=C(N[C@@H](Cc1c[nH]c2ccccc12)C(=O)[O-])c1cccc(C(F)(F)F)c1. The van der Waals surface area contributed by atoms with Crippen molar-refractivity contribution in [3.8, 4) is 0 Å². The number of para-hydroxylation sites is 1. The molecule has 1 atom stereocenters. The lowest BCUT2D eigenvalue weighted by molar-refractivity contribution is -0.308. The molecular weight excluding hydrogens is 361 g/mol. The first-order valence-corrected chi connectivity index (χ1v) is 7.99. The van der Waals surface area contributed by atoms with Gasteiger partial charge in [-0.2, -0.15) is 13.2 Å². The number of fused-ring (bicyclic) bond motifs is 1. The Hall–Kier alpha value is -3.29. The fourth-order valence-electron chi connectivity index (χ4n) is 2.79. The van der Waals surface area contributed by atoms with Crippen molar-refractivity contribution in [1.82, 2.24) is 10.3 Å². The zero-order valence-corrected chi connectivity index (χ0v) is 13.8. The number of nitrogens with one attached hydrogen (secondary N) is 2. The summed E-state index contributed by atoms with van der Waals surface area (Å²) in [6.07, 6.45) is -3.05. The van der Waals surface area contributed by atoms with Crippen molar-refractivity contribution < 1.29 is 27.9 Å². The van der Waals surface area contributed by atoms with Crippen LogP contribution < -0.4 is 10.4 Å². The summed E-state index contributed by atoms with van der Waals surface area (Å²) in [4.78, 5) is 26.7. The van der Waals surface area contributed by atoms with E-state index in [4.69, 9.17) is 0 Å². The molecule has 140 valence electrons. The summed E-state index contributed by atoms with van der Waals surface area (Å²) in [6, 6.07) is 9.59. The molecule has 1 aromatic heterocycles. The molecule has 2 N–H and O–H groups in total. The molecule has 0 saturated heterocycles. The molecule has 27 heavy (non-hydrogen) atoms. The molecule has 1 amide bonds. The Morgan fingerprint density at radius 1 is 1.11 bits per heavy atom. The van der Waals surface area contributed by atoms with E-state index >= 15 is 0 Å². The Morgan fingerprint density at radius 2 is 1.85 bits per heavy atom. The van der Waals surface area contributed by atoms with Gasteiger partial charge in [-0.25, -0.2) is 0 Å². The molecule has 2 aromatic carbocycles. The summed E-state index contributed by atoms with van der Waals surface area (Å²) in [6.45, 7) is 0. The van der Waals surface area contributed by atoms with Crippen LogP contribution in [0, 0.1) is 0 Å². The van der Waals surface area contributed by atoms with E-state index in [9.17, 15) is 27.9 Å². The second-order valence-corrected chi connectivity index (χ2v) is 5.99. The van der Waals surface area contributed by atoms with Gasteiger partial charge in [-0.15, -0.1) is 0 Å². The van der Waals surface area contributed by atoms with E-state index in [1.807, 2.05) is 12.1 Å². The summed E-state index contributed by atoms with van der Waals surface area (Å²) in [7, 11) is 0. The summed E-state index contributed by atoms with van der Waals surface area (Å²) in [5.41, 5.74) is 0.171. The highest BCUT2D eigenvalue weighted by molar-refractivity contribution is 5.96. The molecule has 0 aliphatic rings. The maximum Gasteiger partial charge on any atom is 0.416 e. The zero-order valence-electron chi connectivity index (χ0n) is 13.8. The molecule has 0 aliphatic heterocycles. The minimum Gasteiger partial charge on any atom is -0.548 e. The highest BCUT2D eigenvalue weighted by Crippen LogP contribution is 2.29. The molecule has 0 aliphatic carbocycles. The third-order valence-corrected chi connectivity index (χ3v) is 4.14. The van der Waals surface area contributed by atoms with Crippen molar-refractivity contribution in [3.63, 3.8) is 0 Å². The quantitative estimate of drug-likeness (QED) is 0.718. The largest absolute Gasteiger partial charge is 0.548 e. The highest BCUT2D eigenvalue weighted by atomic mass is 19.4. The van der Waals surface area contributed by atoms with Crippen molar-refractivity contribution in [2.75, 3.05) is 0 Å². The van der Waals surface area contributed by atoms with Gasteiger partial charge in [0, 0.05) is 29.1 Å². The number of benzene rings is 2. The van der Waals surface area contributed by atoms with Gasteiger partial charge in [-0.3, -0.25) is 4.79 Å². The van der Waals surface area contributed by atoms with Crippen LogP contribution in [0.5, 0.6) is 0 Å². The van der Waals surface area contributed by atoms with Gasteiger partial charge in [0.15, 0.2) is 0 Å². The molecule has 0 radical (unpaired) electrons. The second kappa shape index (κ2) is 7.14. The summed E-state index contributed by atoms with van der Waals surface area (Å²) < 4.78 is 38.3. The number of halogens is 3. The van der Waals surface area contributed by atoms with E-state index in [1.165, 1.54) is 6.07 Å². The monoisotopic (exact) mass is 375 g/mol. The number of aromatic nitrogens is 1. The van der Waals surface area contributed by atoms with Crippen LogP contribution in [0.25, 0.3) is 10.9 Å². The van der Waals surface area contributed by atoms with Crippen LogP contribution in [0.1, 0.15) is 21.5 Å². The van der Waals surface area contributed by atoms with Crippen LogP contribution in [-0.4, -0.2) is 22.9 Å². The van der Waals surface area contributed by atoms with Gasteiger partial charge in [0.25, 0.3) is 5.91 Å². The van der Waals surface area contributed by atoms with Gasteiger partial charge in [-0.1, -0.05) is 24.3 Å². The molecular formula is C19H14F3N2O3-. The Kier molecular flexibility index (Phi) is 4.89. The number of carboxylic acid groups (broad SMARTS) is 1. The average molecular weight is 375 g/mol. The van der Waals surface area contributed by atoms with Crippen molar-refractivity contribution in [2.24, 2.45) is 0 Å². The summed E-state index contributed by atoms with van der Waals surface area (Å²) in [5.74, 6) is -2.45. The number of amides is 1. The number of carbonyl (C=O) groups is 2. The fraction of sp³-hybridized carbons (Fsp3) is 0.158. The zero-order chi connectivity index (χ0) is 19.6. The van der Waals surface area contributed by atoms with Crippen LogP contribution >= 0.6 is 0 Å². The van der Waals surface area contributed by atoms with Crippen LogP contribution in [0.3, 0.4) is 0 Å². The molecule has 5 nitrogen and oxygen atoms in total. The normalized spacial score (nSPS) is 12.7. The van der Waals surface area contributed by atoms with Gasteiger partial charge in [-0.05, 0) is 29.8 Å². The molecule has 1 heterocycles. The summed E-state index contributed by atoms with van der Waals surface area (Å²) in [5, 5.41) is 14.5. The van der Waals surface area contributed by atoms with E-state index in [0.29, 0.717) is 11.6 Å². The topological polar surface area (TPSA) is 85.0 Å². The van der Waals surface area contributed by atoms with Crippen molar-refractivity contribution >= 4 is 22.8 Å². The lowest BCUT2D eigenvalue weighted by Crippen LogP contribution is -2.49. The van der Waals surface area contributed by atoms with E-state index in [2.05, 4.69) is 10.3 Å². The van der Waals surface area contributed by atoms with Crippen LogP contribution in [0.2, 0.25) is 0 Å². The lowest BCUT2D eigenvalue weighted by atomic mass is 10.0. The number of alkyl halides is 3. The van der Waals surface area contributed by atoms with Gasteiger partial charge in [0.05, 0.1) is 17.6 Å². The molecule has 8 heteroatoms. The molecule has 0 spiro atoms. The summed E-state index contributed by atoms with van der Waals surface area (Å²) >= 11 is 0. The molecule has 3 rings (SSSR count).